The molecule has 1 aromatic rings. The van der Waals surface area contributed by atoms with Crippen LogP contribution in [-0.2, 0) is 9.59 Å². The summed E-state index contributed by atoms with van der Waals surface area (Å²) >= 11 is 0. The smallest absolute Gasteiger partial charge is 0.238 e. The van der Waals surface area contributed by atoms with Crippen molar-refractivity contribution in [2.75, 3.05) is 51.6 Å². The molecule has 1 saturated heterocycles. The minimum absolute atomic E-state index is 0. The Labute approximate surface area is 174 Å². The van der Waals surface area contributed by atoms with Gasteiger partial charge in [0.05, 0.1) is 6.54 Å². The van der Waals surface area contributed by atoms with Gasteiger partial charge in [0.25, 0.3) is 0 Å². The number of anilines is 1. The lowest BCUT2D eigenvalue weighted by Gasteiger charge is -2.34. The average molecular weight is 419 g/mol. The maximum atomic E-state index is 12.3. The Balaban J connectivity index is 0.00000338. The molecule has 0 spiro atoms. The molecule has 154 valence electrons. The van der Waals surface area contributed by atoms with Crippen molar-refractivity contribution >= 4 is 42.3 Å². The SMILES string of the molecule is CNCCCC(=O)N1CCN(CC(=O)Nc2c(C)cccc2C)CC1.Cl.Cl. The number of benzene rings is 1. The molecule has 0 aliphatic carbocycles. The molecule has 0 unspecified atom stereocenters. The van der Waals surface area contributed by atoms with E-state index >= 15 is 0 Å². The van der Waals surface area contributed by atoms with Gasteiger partial charge in [0.15, 0.2) is 0 Å². The normalized spacial score (nSPS) is 14.1. The summed E-state index contributed by atoms with van der Waals surface area (Å²) in [4.78, 5) is 28.5. The lowest BCUT2D eigenvalue weighted by atomic mass is 10.1. The maximum Gasteiger partial charge on any atom is 0.238 e. The van der Waals surface area contributed by atoms with Crippen LogP contribution < -0.4 is 10.6 Å². The zero-order valence-corrected chi connectivity index (χ0v) is 18.0. The van der Waals surface area contributed by atoms with Crippen LogP contribution in [0.25, 0.3) is 0 Å². The van der Waals surface area contributed by atoms with E-state index in [1.165, 1.54) is 0 Å². The van der Waals surface area contributed by atoms with Crippen LogP contribution in [0.2, 0.25) is 0 Å². The predicted octanol–water partition coefficient (Wildman–Crippen LogP) is 2.23. The maximum absolute atomic E-state index is 12.3. The van der Waals surface area contributed by atoms with E-state index in [0.29, 0.717) is 26.1 Å². The summed E-state index contributed by atoms with van der Waals surface area (Å²) in [6.45, 7) is 8.14. The van der Waals surface area contributed by atoms with Crippen molar-refractivity contribution in [1.29, 1.82) is 0 Å². The molecule has 0 atom stereocenters. The third kappa shape index (κ3) is 8.05. The van der Waals surface area contributed by atoms with Gasteiger partial charge in [-0.1, -0.05) is 18.2 Å². The van der Waals surface area contributed by atoms with E-state index in [-0.39, 0.29) is 36.6 Å². The molecule has 1 aromatic carbocycles. The Morgan fingerprint density at radius 1 is 1.04 bits per heavy atom. The van der Waals surface area contributed by atoms with Gasteiger partial charge < -0.3 is 15.5 Å². The largest absolute Gasteiger partial charge is 0.340 e. The monoisotopic (exact) mass is 418 g/mol. The van der Waals surface area contributed by atoms with E-state index in [4.69, 9.17) is 0 Å². The van der Waals surface area contributed by atoms with E-state index in [0.717, 1.165) is 42.9 Å². The number of carbonyl (C=O) groups is 2. The number of nitrogens with zero attached hydrogens (tertiary/aromatic N) is 2. The number of amides is 2. The van der Waals surface area contributed by atoms with Crippen molar-refractivity contribution in [1.82, 2.24) is 15.1 Å². The van der Waals surface area contributed by atoms with E-state index in [1.54, 1.807) is 0 Å². The highest BCUT2D eigenvalue weighted by Gasteiger charge is 2.22. The molecule has 0 radical (unpaired) electrons. The van der Waals surface area contributed by atoms with Crippen LogP contribution >= 0.6 is 24.8 Å². The molecule has 0 bridgehead atoms. The zero-order chi connectivity index (χ0) is 18.2. The number of hydrogen-bond acceptors (Lipinski definition) is 4. The summed E-state index contributed by atoms with van der Waals surface area (Å²) in [6.07, 6.45) is 1.46. The molecular weight excluding hydrogens is 387 g/mol. The third-order valence-electron chi connectivity index (χ3n) is 4.66. The molecular formula is C19H32Cl2N4O2. The fourth-order valence-electron chi connectivity index (χ4n) is 3.12. The highest BCUT2D eigenvalue weighted by atomic mass is 35.5. The Morgan fingerprint density at radius 2 is 1.63 bits per heavy atom. The number of para-hydroxylation sites is 1. The minimum atomic E-state index is 0. The average Bonchev–Trinajstić information content (AvgIpc) is 2.59. The summed E-state index contributed by atoms with van der Waals surface area (Å²) < 4.78 is 0. The summed E-state index contributed by atoms with van der Waals surface area (Å²) in [5, 5.41) is 6.08. The van der Waals surface area contributed by atoms with Crippen LogP contribution in [0.15, 0.2) is 18.2 Å². The predicted molar refractivity (Wildman–Crippen MR) is 115 cm³/mol. The quantitative estimate of drug-likeness (QED) is 0.666. The number of piperazine rings is 1. The summed E-state index contributed by atoms with van der Waals surface area (Å²) in [7, 11) is 1.90. The highest BCUT2D eigenvalue weighted by molar-refractivity contribution is 5.93. The molecule has 6 nitrogen and oxygen atoms in total. The van der Waals surface area contributed by atoms with Crippen molar-refractivity contribution in [3.05, 3.63) is 29.3 Å². The highest BCUT2D eigenvalue weighted by Crippen LogP contribution is 2.19. The van der Waals surface area contributed by atoms with Crippen LogP contribution in [-0.4, -0.2) is 67.9 Å². The summed E-state index contributed by atoms with van der Waals surface area (Å²) in [6, 6.07) is 6.00. The topological polar surface area (TPSA) is 64.7 Å². The fraction of sp³-hybridized carbons (Fsp3) is 0.579. The number of nitrogens with one attached hydrogen (secondary N) is 2. The van der Waals surface area contributed by atoms with Gasteiger partial charge in [-0.25, -0.2) is 0 Å². The van der Waals surface area contributed by atoms with E-state index in [9.17, 15) is 9.59 Å². The molecule has 27 heavy (non-hydrogen) atoms. The van der Waals surface area contributed by atoms with Gasteiger partial charge in [-0.3, -0.25) is 14.5 Å². The first-order valence-electron chi connectivity index (χ1n) is 9.02. The summed E-state index contributed by atoms with van der Waals surface area (Å²) in [5.41, 5.74) is 3.06. The van der Waals surface area contributed by atoms with Gasteiger partial charge in [-0.2, -0.15) is 0 Å². The standard InChI is InChI=1S/C19H30N4O2.2ClH/c1-15-6-4-7-16(2)19(15)21-17(24)14-22-10-12-23(13-11-22)18(25)8-5-9-20-3;;/h4,6-7,20H,5,8-14H2,1-3H3,(H,21,24);2*1H. The molecule has 8 heteroatoms. The van der Waals surface area contributed by atoms with Crippen LogP contribution in [0.1, 0.15) is 24.0 Å². The van der Waals surface area contributed by atoms with Crippen LogP contribution in [0.3, 0.4) is 0 Å². The van der Waals surface area contributed by atoms with E-state index in [1.807, 2.05) is 44.0 Å². The van der Waals surface area contributed by atoms with Gasteiger partial charge in [0.1, 0.15) is 0 Å². The molecule has 0 saturated carbocycles. The molecule has 1 aliphatic heterocycles. The van der Waals surface area contributed by atoms with E-state index < -0.39 is 0 Å². The lowest BCUT2D eigenvalue weighted by molar-refractivity contribution is -0.133. The van der Waals surface area contributed by atoms with Crippen molar-refractivity contribution < 1.29 is 9.59 Å². The van der Waals surface area contributed by atoms with Gasteiger partial charge in [0, 0.05) is 38.3 Å². The van der Waals surface area contributed by atoms with Crippen LogP contribution in [0.5, 0.6) is 0 Å². The van der Waals surface area contributed by atoms with E-state index in [2.05, 4.69) is 15.5 Å². The first kappa shape index (κ1) is 25.7. The Bertz CT molecular complexity index is 585. The van der Waals surface area contributed by atoms with Gasteiger partial charge >= 0.3 is 0 Å². The van der Waals surface area contributed by atoms with Crippen LogP contribution in [0.4, 0.5) is 5.69 Å². The number of rotatable bonds is 7. The molecule has 1 heterocycles. The number of hydrogen-bond donors (Lipinski definition) is 2. The fourth-order valence-corrected chi connectivity index (χ4v) is 3.12. The molecule has 1 fully saturated rings. The van der Waals surface area contributed by atoms with Crippen molar-refractivity contribution in [2.24, 2.45) is 0 Å². The second-order valence-corrected chi connectivity index (χ2v) is 6.68. The Hall–Kier alpha value is -1.34. The Morgan fingerprint density at radius 3 is 2.19 bits per heavy atom. The van der Waals surface area contributed by atoms with Crippen LogP contribution in [0, 0.1) is 13.8 Å². The number of carbonyl (C=O) groups excluding carboxylic acids is 2. The van der Waals surface area contributed by atoms with Crippen molar-refractivity contribution in [3.8, 4) is 0 Å². The van der Waals surface area contributed by atoms with Crippen molar-refractivity contribution in [3.63, 3.8) is 0 Å². The first-order valence-corrected chi connectivity index (χ1v) is 9.02. The number of halogens is 2. The summed E-state index contributed by atoms with van der Waals surface area (Å²) in [5.74, 6) is 0.223. The number of aryl methyl sites for hydroxylation is 2. The molecule has 2 N–H and O–H groups in total. The first-order chi connectivity index (χ1) is 12.0. The lowest BCUT2D eigenvalue weighted by Crippen LogP contribution is -2.50. The van der Waals surface area contributed by atoms with Crippen molar-refractivity contribution in [2.45, 2.75) is 26.7 Å². The molecule has 0 aromatic heterocycles. The second-order valence-electron chi connectivity index (χ2n) is 6.68. The molecule has 2 amide bonds. The second kappa shape index (κ2) is 12.9. The molecule has 1 aliphatic rings. The van der Waals surface area contributed by atoms with Gasteiger partial charge in [0.2, 0.25) is 11.8 Å². The Kier molecular flexibility index (Phi) is 12.3. The zero-order valence-electron chi connectivity index (χ0n) is 16.4. The molecule has 2 rings (SSSR count). The van der Waals surface area contributed by atoms with Gasteiger partial charge in [-0.05, 0) is 45.0 Å². The third-order valence-corrected chi connectivity index (χ3v) is 4.66. The van der Waals surface area contributed by atoms with Gasteiger partial charge in [-0.15, -0.1) is 24.8 Å². The minimum Gasteiger partial charge on any atom is -0.340 e.